The molecule has 0 saturated carbocycles. The minimum absolute atomic E-state index is 0.0433. The van der Waals surface area contributed by atoms with Crippen molar-refractivity contribution in [2.45, 2.75) is 44.6 Å². The highest BCUT2D eigenvalue weighted by molar-refractivity contribution is 7.09. The van der Waals surface area contributed by atoms with Gasteiger partial charge in [-0.05, 0) is 18.4 Å². The summed E-state index contributed by atoms with van der Waals surface area (Å²) in [5, 5.41) is 3.15. The average molecular weight is 289 g/mol. The molecule has 2 aromatic rings. The molecule has 3 nitrogen and oxygen atoms in total. The van der Waals surface area contributed by atoms with E-state index in [4.69, 9.17) is 5.84 Å². The fourth-order valence-corrected chi connectivity index (χ4v) is 3.73. The highest BCUT2D eigenvalue weighted by Crippen LogP contribution is 2.36. The summed E-state index contributed by atoms with van der Waals surface area (Å²) < 4.78 is 0. The van der Waals surface area contributed by atoms with Gasteiger partial charge in [0.2, 0.25) is 0 Å². The van der Waals surface area contributed by atoms with Gasteiger partial charge in [0, 0.05) is 29.5 Å². The number of hydrazine groups is 1. The largest absolute Gasteiger partial charge is 0.271 e. The molecule has 0 bridgehead atoms. The maximum atomic E-state index is 5.89. The Hall–Kier alpha value is -1.23. The van der Waals surface area contributed by atoms with E-state index in [1.165, 1.54) is 5.56 Å². The van der Waals surface area contributed by atoms with Gasteiger partial charge in [0.15, 0.2) is 0 Å². The zero-order valence-electron chi connectivity index (χ0n) is 12.2. The van der Waals surface area contributed by atoms with Gasteiger partial charge < -0.3 is 0 Å². The second-order valence-corrected chi connectivity index (χ2v) is 6.06. The van der Waals surface area contributed by atoms with Gasteiger partial charge in [-0.2, -0.15) is 0 Å². The first-order chi connectivity index (χ1) is 9.76. The summed E-state index contributed by atoms with van der Waals surface area (Å²) in [6.45, 7) is 4.48. The highest BCUT2D eigenvalue weighted by Gasteiger charge is 2.37. The number of hydrogen-bond donors (Lipinski definition) is 2. The lowest BCUT2D eigenvalue weighted by molar-refractivity contribution is 0.270. The van der Waals surface area contributed by atoms with E-state index in [1.54, 1.807) is 11.3 Å². The van der Waals surface area contributed by atoms with Crippen LogP contribution in [0.15, 0.2) is 41.9 Å². The number of hydrogen-bond acceptors (Lipinski definition) is 4. The third-order valence-corrected chi connectivity index (χ3v) is 5.14. The Morgan fingerprint density at radius 2 is 1.95 bits per heavy atom. The van der Waals surface area contributed by atoms with Gasteiger partial charge in [-0.15, -0.1) is 11.3 Å². The third kappa shape index (κ3) is 2.92. The van der Waals surface area contributed by atoms with E-state index in [-0.39, 0.29) is 11.5 Å². The summed E-state index contributed by atoms with van der Waals surface area (Å²) in [6.07, 6.45) is 4.82. The molecule has 0 aliphatic heterocycles. The number of aromatic nitrogens is 1. The van der Waals surface area contributed by atoms with Gasteiger partial charge in [0.25, 0.3) is 0 Å². The van der Waals surface area contributed by atoms with Crippen LogP contribution in [0.2, 0.25) is 0 Å². The molecule has 0 saturated heterocycles. The molecule has 0 radical (unpaired) electrons. The van der Waals surface area contributed by atoms with Crippen LogP contribution in [0.5, 0.6) is 0 Å². The first kappa shape index (κ1) is 15.2. The van der Waals surface area contributed by atoms with Crippen molar-refractivity contribution in [3.63, 3.8) is 0 Å². The van der Waals surface area contributed by atoms with Crippen molar-refractivity contribution in [2.24, 2.45) is 5.84 Å². The highest BCUT2D eigenvalue weighted by atomic mass is 32.1. The fraction of sp³-hybridized carbons (Fsp3) is 0.438. The molecule has 2 rings (SSSR count). The maximum Gasteiger partial charge on any atom is 0.0941 e. The van der Waals surface area contributed by atoms with Crippen molar-refractivity contribution < 1.29 is 0 Å². The number of thiazole rings is 1. The van der Waals surface area contributed by atoms with Crippen molar-refractivity contribution in [2.75, 3.05) is 0 Å². The molecule has 1 aromatic carbocycles. The van der Waals surface area contributed by atoms with E-state index in [9.17, 15) is 0 Å². The summed E-state index contributed by atoms with van der Waals surface area (Å²) >= 11 is 1.69. The average Bonchev–Trinajstić information content (AvgIpc) is 3.02. The smallest absolute Gasteiger partial charge is 0.0941 e. The van der Waals surface area contributed by atoms with Gasteiger partial charge in [-0.3, -0.25) is 11.3 Å². The Morgan fingerprint density at radius 1 is 1.25 bits per heavy atom. The Bertz CT molecular complexity index is 492. The van der Waals surface area contributed by atoms with Crippen LogP contribution in [0.3, 0.4) is 0 Å². The lowest BCUT2D eigenvalue weighted by atomic mass is 9.69. The quantitative estimate of drug-likeness (QED) is 0.607. The van der Waals surface area contributed by atoms with Crippen LogP contribution in [0.4, 0.5) is 0 Å². The van der Waals surface area contributed by atoms with Gasteiger partial charge in [0.1, 0.15) is 0 Å². The van der Waals surface area contributed by atoms with Crippen LogP contribution in [0.25, 0.3) is 0 Å². The maximum absolute atomic E-state index is 5.89. The number of nitrogens with zero attached hydrogens (tertiary/aromatic N) is 1. The second kappa shape index (κ2) is 6.97. The Balaban J connectivity index is 2.34. The molecular formula is C16H23N3S. The zero-order chi connectivity index (χ0) is 14.4. The van der Waals surface area contributed by atoms with Crippen LogP contribution in [0, 0.1) is 0 Å². The lowest BCUT2D eigenvalue weighted by Gasteiger charge is -2.39. The van der Waals surface area contributed by atoms with Crippen LogP contribution < -0.4 is 11.3 Å². The summed E-state index contributed by atoms with van der Waals surface area (Å²) in [6, 6.07) is 10.9. The van der Waals surface area contributed by atoms with Crippen molar-refractivity contribution in [3.8, 4) is 0 Å². The molecule has 1 heterocycles. The number of rotatable bonds is 7. The summed E-state index contributed by atoms with van der Waals surface area (Å²) in [4.78, 5) is 4.40. The monoisotopic (exact) mass is 289 g/mol. The summed E-state index contributed by atoms with van der Waals surface area (Å²) in [7, 11) is 0. The number of nitrogens with two attached hydrogens (primary N) is 1. The predicted molar refractivity (Wildman–Crippen MR) is 85.6 cm³/mol. The summed E-state index contributed by atoms with van der Waals surface area (Å²) in [5.74, 6) is 5.89. The third-order valence-electron chi connectivity index (χ3n) is 4.34. The molecule has 1 unspecified atom stereocenters. The van der Waals surface area contributed by atoms with E-state index in [0.29, 0.717) is 0 Å². The first-order valence-corrected chi connectivity index (χ1v) is 8.04. The SMILES string of the molecule is CCC(CC)(c1ccccc1)C(Cc1nccs1)NN. The number of nitrogens with one attached hydrogen (secondary N) is 1. The fourth-order valence-electron chi connectivity index (χ4n) is 3.06. The van der Waals surface area contributed by atoms with Gasteiger partial charge >= 0.3 is 0 Å². The zero-order valence-corrected chi connectivity index (χ0v) is 13.0. The van der Waals surface area contributed by atoms with Crippen LogP contribution in [-0.2, 0) is 11.8 Å². The minimum atomic E-state index is 0.0433. The van der Waals surface area contributed by atoms with E-state index in [1.807, 2.05) is 11.6 Å². The molecule has 1 aromatic heterocycles. The van der Waals surface area contributed by atoms with Crippen molar-refractivity contribution in [1.82, 2.24) is 10.4 Å². The predicted octanol–water partition coefficient (Wildman–Crippen LogP) is 3.28. The molecule has 4 heteroatoms. The molecule has 0 fully saturated rings. The normalized spacial score (nSPS) is 13.3. The van der Waals surface area contributed by atoms with E-state index in [2.05, 4.69) is 54.6 Å². The van der Waals surface area contributed by atoms with Crippen LogP contribution in [0.1, 0.15) is 37.3 Å². The topological polar surface area (TPSA) is 50.9 Å². The molecule has 3 N–H and O–H groups in total. The van der Waals surface area contributed by atoms with Crippen molar-refractivity contribution in [3.05, 3.63) is 52.5 Å². The minimum Gasteiger partial charge on any atom is -0.271 e. The second-order valence-electron chi connectivity index (χ2n) is 5.08. The Labute approximate surface area is 125 Å². The molecule has 0 aliphatic rings. The molecule has 0 spiro atoms. The molecule has 1 atom stereocenters. The standard InChI is InChI=1S/C16H23N3S/c1-3-16(4-2,13-8-6-5-7-9-13)14(19-17)12-15-18-10-11-20-15/h5-11,14,19H,3-4,12,17H2,1-2H3. The van der Waals surface area contributed by atoms with Gasteiger partial charge in [-0.25, -0.2) is 4.98 Å². The molecule has 0 aliphatic carbocycles. The summed E-state index contributed by atoms with van der Waals surface area (Å²) in [5.41, 5.74) is 4.44. The lowest BCUT2D eigenvalue weighted by Crippen LogP contribution is -2.52. The van der Waals surface area contributed by atoms with E-state index >= 15 is 0 Å². The molecule has 0 amide bonds. The Kier molecular flexibility index (Phi) is 5.29. The Morgan fingerprint density at radius 3 is 2.45 bits per heavy atom. The van der Waals surface area contributed by atoms with Crippen LogP contribution >= 0.6 is 11.3 Å². The van der Waals surface area contributed by atoms with E-state index < -0.39 is 0 Å². The molecule has 20 heavy (non-hydrogen) atoms. The van der Waals surface area contributed by atoms with Crippen molar-refractivity contribution >= 4 is 11.3 Å². The number of benzene rings is 1. The van der Waals surface area contributed by atoms with Crippen LogP contribution in [-0.4, -0.2) is 11.0 Å². The molecule has 108 valence electrons. The van der Waals surface area contributed by atoms with E-state index in [0.717, 1.165) is 24.3 Å². The van der Waals surface area contributed by atoms with Gasteiger partial charge in [-0.1, -0.05) is 44.2 Å². The molecular weight excluding hydrogens is 266 g/mol. The first-order valence-electron chi connectivity index (χ1n) is 7.16. The van der Waals surface area contributed by atoms with Gasteiger partial charge in [0.05, 0.1) is 5.01 Å². The van der Waals surface area contributed by atoms with Crippen molar-refractivity contribution in [1.29, 1.82) is 0 Å².